The van der Waals surface area contributed by atoms with Crippen LogP contribution in [0.25, 0.3) is 0 Å². The number of para-hydroxylation sites is 2. The first-order valence-electron chi connectivity index (χ1n) is 7.17. The van der Waals surface area contributed by atoms with E-state index < -0.39 is 0 Å². The molecule has 2 amide bonds. The Bertz CT molecular complexity index is 507. The van der Waals surface area contributed by atoms with Gasteiger partial charge in [-0.25, -0.2) is 0 Å². The van der Waals surface area contributed by atoms with Crippen molar-refractivity contribution in [1.29, 1.82) is 0 Å². The number of hydrogen-bond acceptors (Lipinski definition) is 2. The van der Waals surface area contributed by atoms with Gasteiger partial charge in [-0.3, -0.25) is 9.59 Å². The van der Waals surface area contributed by atoms with Crippen LogP contribution in [0.1, 0.15) is 40.0 Å². The average molecular weight is 274 g/mol. The highest BCUT2D eigenvalue weighted by atomic mass is 16.2. The predicted octanol–water partition coefficient (Wildman–Crippen LogP) is 3.19. The van der Waals surface area contributed by atoms with Crippen molar-refractivity contribution in [1.82, 2.24) is 0 Å². The van der Waals surface area contributed by atoms with Crippen molar-refractivity contribution in [2.24, 2.45) is 5.92 Å². The highest BCUT2D eigenvalue weighted by Gasteiger charge is 2.33. The Labute approximate surface area is 120 Å². The van der Waals surface area contributed by atoms with Gasteiger partial charge >= 0.3 is 0 Å². The van der Waals surface area contributed by atoms with Gasteiger partial charge in [-0.1, -0.05) is 26.0 Å². The fourth-order valence-electron chi connectivity index (χ4n) is 2.32. The second-order valence-electron chi connectivity index (χ2n) is 5.78. The van der Waals surface area contributed by atoms with Gasteiger partial charge in [0, 0.05) is 19.4 Å². The van der Waals surface area contributed by atoms with Crippen LogP contribution in [0.3, 0.4) is 0 Å². The van der Waals surface area contributed by atoms with Gasteiger partial charge in [0.1, 0.15) is 0 Å². The molecule has 108 valence electrons. The van der Waals surface area contributed by atoms with E-state index in [1.54, 1.807) is 11.8 Å². The van der Waals surface area contributed by atoms with Crippen molar-refractivity contribution in [3.63, 3.8) is 0 Å². The summed E-state index contributed by atoms with van der Waals surface area (Å²) < 4.78 is 0. The maximum Gasteiger partial charge on any atom is 0.224 e. The van der Waals surface area contributed by atoms with Crippen LogP contribution < -0.4 is 10.2 Å². The number of carbonyl (C=O) groups excluding carboxylic acids is 2. The Hall–Kier alpha value is -1.84. The quantitative estimate of drug-likeness (QED) is 0.896. The normalized spacial score (nSPS) is 14.2. The molecule has 0 bridgehead atoms. The zero-order chi connectivity index (χ0) is 14.7. The highest BCUT2D eigenvalue weighted by molar-refractivity contribution is 6.00. The Morgan fingerprint density at radius 3 is 2.50 bits per heavy atom. The number of nitrogens with one attached hydrogen (secondary N) is 1. The van der Waals surface area contributed by atoms with Gasteiger partial charge in [0.25, 0.3) is 0 Å². The molecular weight excluding hydrogens is 252 g/mol. The fraction of sp³-hybridized carbons (Fsp3) is 0.500. The number of benzene rings is 1. The van der Waals surface area contributed by atoms with Gasteiger partial charge in [0.15, 0.2) is 0 Å². The lowest BCUT2D eigenvalue weighted by Crippen LogP contribution is -2.31. The van der Waals surface area contributed by atoms with Gasteiger partial charge < -0.3 is 10.2 Å². The minimum atomic E-state index is -0.00764. The van der Waals surface area contributed by atoms with Crippen LogP contribution in [0.4, 0.5) is 11.4 Å². The molecule has 0 aromatic heterocycles. The Morgan fingerprint density at radius 1 is 1.30 bits per heavy atom. The smallest absolute Gasteiger partial charge is 0.224 e. The number of carbonyl (C=O) groups is 2. The zero-order valence-electron chi connectivity index (χ0n) is 12.3. The largest absolute Gasteiger partial charge is 0.324 e. The van der Waals surface area contributed by atoms with E-state index in [0.717, 1.165) is 24.2 Å². The summed E-state index contributed by atoms with van der Waals surface area (Å²) in [7, 11) is 0. The molecule has 0 radical (unpaired) electrons. The van der Waals surface area contributed by atoms with Crippen LogP contribution in [-0.2, 0) is 9.59 Å². The molecule has 0 spiro atoms. The van der Waals surface area contributed by atoms with Crippen molar-refractivity contribution in [3.8, 4) is 0 Å². The molecule has 2 rings (SSSR count). The van der Waals surface area contributed by atoms with E-state index in [9.17, 15) is 9.59 Å². The molecule has 0 atom stereocenters. The lowest BCUT2D eigenvalue weighted by atomic mass is 10.1. The first-order chi connectivity index (χ1) is 9.49. The summed E-state index contributed by atoms with van der Waals surface area (Å²) in [6.07, 6.45) is 2.56. The molecule has 1 fully saturated rings. The standard InChI is InChI=1S/C16H22N2O2/c1-11(2)10-16(20)17-14-6-4-5-7-15(14)18(12(3)19)13-8-9-13/h4-7,11,13H,8-10H2,1-3H3,(H,17,20). The monoisotopic (exact) mass is 274 g/mol. The van der Waals surface area contributed by atoms with Crippen molar-refractivity contribution < 1.29 is 9.59 Å². The first-order valence-corrected chi connectivity index (χ1v) is 7.17. The summed E-state index contributed by atoms with van der Waals surface area (Å²) in [5, 5.41) is 2.93. The fourth-order valence-corrected chi connectivity index (χ4v) is 2.32. The summed E-state index contributed by atoms with van der Waals surface area (Å²) in [6, 6.07) is 7.80. The number of anilines is 2. The van der Waals surface area contributed by atoms with E-state index in [1.165, 1.54) is 0 Å². The van der Waals surface area contributed by atoms with E-state index in [0.29, 0.717) is 12.3 Å². The molecule has 1 aliphatic carbocycles. The molecule has 20 heavy (non-hydrogen) atoms. The summed E-state index contributed by atoms with van der Waals surface area (Å²) in [6.45, 7) is 5.60. The number of nitrogens with zero attached hydrogens (tertiary/aromatic N) is 1. The predicted molar refractivity (Wildman–Crippen MR) is 80.7 cm³/mol. The third-order valence-electron chi connectivity index (χ3n) is 3.28. The Balaban J connectivity index is 2.21. The highest BCUT2D eigenvalue weighted by Crippen LogP contribution is 2.36. The Kier molecular flexibility index (Phi) is 4.42. The maximum atomic E-state index is 11.9. The van der Waals surface area contributed by atoms with Crippen molar-refractivity contribution in [2.45, 2.75) is 46.1 Å². The second-order valence-corrected chi connectivity index (χ2v) is 5.78. The minimum Gasteiger partial charge on any atom is -0.324 e. The Morgan fingerprint density at radius 2 is 1.95 bits per heavy atom. The molecule has 0 unspecified atom stereocenters. The van der Waals surface area contributed by atoms with E-state index in [-0.39, 0.29) is 17.9 Å². The molecule has 1 aromatic carbocycles. The molecule has 1 saturated carbocycles. The molecule has 4 heteroatoms. The van der Waals surface area contributed by atoms with Gasteiger partial charge in [-0.2, -0.15) is 0 Å². The summed E-state index contributed by atoms with van der Waals surface area (Å²) in [5.41, 5.74) is 1.53. The van der Waals surface area contributed by atoms with E-state index in [1.807, 2.05) is 38.1 Å². The lowest BCUT2D eigenvalue weighted by Gasteiger charge is -2.24. The molecule has 1 aliphatic rings. The number of amides is 2. The van der Waals surface area contributed by atoms with E-state index >= 15 is 0 Å². The van der Waals surface area contributed by atoms with Gasteiger partial charge in [0.2, 0.25) is 11.8 Å². The minimum absolute atomic E-state index is 0.00764. The van der Waals surface area contributed by atoms with Crippen LogP contribution in [0, 0.1) is 5.92 Å². The molecule has 0 aliphatic heterocycles. The molecule has 1 N–H and O–H groups in total. The zero-order valence-corrected chi connectivity index (χ0v) is 12.3. The second kappa shape index (κ2) is 6.07. The summed E-state index contributed by atoms with van der Waals surface area (Å²) in [5.74, 6) is 0.333. The summed E-state index contributed by atoms with van der Waals surface area (Å²) >= 11 is 0. The average Bonchev–Trinajstić information content (AvgIpc) is 3.14. The maximum absolute atomic E-state index is 11.9. The molecule has 0 saturated heterocycles. The van der Waals surface area contributed by atoms with Crippen molar-refractivity contribution in [2.75, 3.05) is 10.2 Å². The van der Waals surface area contributed by atoms with Crippen LogP contribution in [0.5, 0.6) is 0 Å². The molecule has 0 heterocycles. The van der Waals surface area contributed by atoms with E-state index in [4.69, 9.17) is 0 Å². The topological polar surface area (TPSA) is 49.4 Å². The summed E-state index contributed by atoms with van der Waals surface area (Å²) in [4.78, 5) is 25.6. The van der Waals surface area contributed by atoms with Gasteiger partial charge in [-0.15, -0.1) is 0 Å². The molecule has 4 nitrogen and oxygen atoms in total. The number of hydrogen-bond donors (Lipinski definition) is 1. The van der Waals surface area contributed by atoms with Crippen molar-refractivity contribution in [3.05, 3.63) is 24.3 Å². The van der Waals surface area contributed by atoms with Gasteiger partial charge in [-0.05, 0) is 30.9 Å². The SMILES string of the molecule is CC(=O)N(c1ccccc1NC(=O)CC(C)C)C1CC1. The number of rotatable bonds is 5. The van der Waals surface area contributed by atoms with Gasteiger partial charge in [0.05, 0.1) is 11.4 Å². The molecule has 1 aromatic rings. The van der Waals surface area contributed by atoms with Crippen LogP contribution in [-0.4, -0.2) is 17.9 Å². The first kappa shape index (κ1) is 14.6. The van der Waals surface area contributed by atoms with Crippen molar-refractivity contribution >= 4 is 23.2 Å². The van der Waals surface area contributed by atoms with Crippen LogP contribution >= 0.6 is 0 Å². The third kappa shape index (κ3) is 3.59. The lowest BCUT2D eigenvalue weighted by molar-refractivity contribution is -0.117. The molecular formula is C16H22N2O2. The van der Waals surface area contributed by atoms with E-state index in [2.05, 4.69) is 5.32 Å². The van der Waals surface area contributed by atoms with Crippen LogP contribution in [0.2, 0.25) is 0 Å². The van der Waals surface area contributed by atoms with Crippen LogP contribution in [0.15, 0.2) is 24.3 Å². The third-order valence-corrected chi connectivity index (χ3v) is 3.28.